The topological polar surface area (TPSA) is 44.4 Å². The van der Waals surface area contributed by atoms with E-state index in [1.54, 1.807) is 0 Å². The Balaban J connectivity index is 2.10. The quantitative estimate of drug-likeness (QED) is 0.778. The summed E-state index contributed by atoms with van der Waals surface area (Å²) in [5, 5.41) is 6.45. The van der Waals surface area contributed by atoms with Gasteiger partial charge in [-0.25, -0.2) is 0 Å². The van der Waals surface area contributed by atoms with Crippen molar-refractivity contribution < 1.29 is 4.79 Å². The Kier molecular flexibility index (Phi) is 4.93. The SMILES string of the molecule is CNCCCN(C)C(=O)c1cccc2c1CCNC2. The van der Waals surface area contributed by atoms with Crippen LogP contribution in [0.5, 0.6) is 0 Å². The number of rotatable bonds is 5. The summed E-state index contributed by atoms with van der Waals surface area (Å²) in [6.45, 7) is 3.57. The van der Waals surface area contributed by atoms with E-state index < -0.39 is 0 Å². The van der Waals surface area contributed by atoms with Gasteiger partial charge in [-0.15, -0.1) is 0 Å². The summed E-state index contributed by atoms with van der Waals surface area (Å²) in [5.74, 6) is 0.148. The van der Waals surface area contributed by atoms with Crippen LogP contribution in [0.15, 0.2) is 18.2 Å². The first-order chi connectivity index (χ1) is 9.24. The van der Waals surface area contributed by atoms with Crippen LogP contribution in [0.2, 0.25) is 0 Å². The highest BCUT2D eigenvalue weighted by molar-refractivity contribution is 5.96. The van der Waals surface area contributed by atoms with Gasteiger partial charge in [-0.3, -0.25) is 4.79 Å². The smallest absolute Gasteiger partial charge is 0.253 e. The van der Waals surface area contributed by atoms with E-state index in [2.05, 4.69) is 16.7 Å². The van der Waals surface area contributed by atoms with Crippen molar-refractivity contribution in [1.29, 1.82) is 0 Å². The zero-order valence-electron chi connectivity index (χ0n) is 11.8. The minimum atomic E-state index is 0.148. The monoisotopic (exact) mass is 261 g/mol. The summed E-state index contributed by atoms with van der Waals surface area (Å²) < 4.78 is 0. The predicted molar refractivity (Wildman–Crippen MR) is 77.4 cm³/mol. The van der Waals surface area contributed by atoms with Crippen LogP contribution in [0.3, 0.4) is 0 Å². The predicted octanol–water partition coefficient (Wildman–Crippen LogP) is 1.01. The molecule has 1 aromatic carbocycles. The molecule has 1 aliphatic rings. The van der Waals surface area contributed by atoms with Crippen molar-refractivity contribution >= 4 is 5.91 Å². The van der Waals surface area contributed by atoms with Gasteiger partial charge in [0, 0.05) is 25.7 Å². The van der Waals surface area contributed by atoms with Crippen LogP contribution in [-0.4, -0.2) is 44.5 Å². The van der Waals surface area contributed by atoms with E-state index >= 15 is 0 Å². The number of carbonyl (C=O) groups excluding carboxylic acids is 1. The molecule has 4 nitrogen and oxygen atoms in total. The molecule has 1 heterocycles. The first-order valence-electron chi connectivity index (χ1n) is 6.95. The second kappa shape index (κ2) is 6.68. The maximum Gasteiger partial charge on any atom is 0.253 e. The highest BCUT2D eigenvalue weighted by atomic mass is 16.2. The van der Waals surface area contributed by atoms with E-state index in [1.807, 2.05) is 31.1 Å². The number of fused-ring (bicyclic) bond motifs is 1. The molecule has 0 radical (unpaired) electrons. The number of carbonyl (C=O) groups is 1. The Morgan fingerprint density at radius 3 is 3.11 bits per heavy atom. The molecule has 1 amide bonds. The largest absolute Gasteiger partial charge is 0.342 e. The van der Waals surface area contributed by atoms with Gasteiger partial charge in [0.2, 0.25) is 0 Å². The summed E-state index contributed by atoms with van der Waals surface area (Å²) >= 11 is 0. The molecular weight excluding hydrogens is 238 g/mol. The average molecular weight is 261 g/mol. The van der Waals surface area contributed by atoms with Gasteiger partial charge in [-0.1, -0.05) is 12.1 Å². The van der Waals surface area contributed by atoms with Crippen molar-refractivity contribution in [1.82, 2.24) is 15.5 Å². The number of nitrogens with one attached hydrogen (secondary N) is 2. The van der Waals surface area contributed by atoms with Crippen molar-refractivity contribution in [3.8, 4) is 0 Å². The molecule has 0 saturated carbocycles. The van der Waals surface area contributed by atoms with Crippen LogP contribution in [0.4, 0.5) is 0 Å². The Morgan fingerprint density at radius 2 is 2.32 bits per heavy atom. The van der Waals surface area contributed by atoms with Gasteiger partial charge in [-0.2, -0.15) is 0 Å². The Morgan fingerprint density at radius 1 is 1.47 bits per heavy atom. The lowest BCUT2D eigenvalue weighted by Crippen LogP contribution is -2.32. The summed E-state index contributed by atoms with van der Waals surface area (Å²) in [5.41, 5.74) is 3.37. The average Bonchev–Trinajstić information content (AvgIpc) is 2.46. The van der Waals surface area contributed by atoms with Gasteiger partial charge in [0.15, 0.2) is 0 Å². The van der Waals surface area contributed by atoms with Gasteiger partial charge >= 0.3 is 0 Å². The lowest BCUT2D eigenvalue weighted by Gasteiger charge is -2.23. The lowest BCUT2D eigenvalue weighted by molar-refractivity contribution is 0.0792. The molecule has 0 fully saturated rings. The van der Waals surface area contributed by atoms with Crippen LogP contribution < -0.4 is 10.6 Å². The number of benzene rings is 1. The fourth-order valence-electron chi connectivity index (χ4n) is 2.53. The van der Waals surface area contributed by atoms with Gasteiger partial charge in [-0.05, 0) is 50.2 Å². The molecular formula is C15H23N3O. The van der Waals surface area contributed by atoms with E-state index in [0.29, 0.717) is 0 Å². The van der Waals surface area contributed by atoms with Crippen LogP contribution >= 0.6 is 0 Å². The Labute approximate surface area is 115 Å². The van der Waals surface area contributed by atoms with Gasteiger partial charge in [0.05, 0.1) is 0 Å². The first-order valence-corrected chi connectivity index (χ1v) is 6.95. The molecule has 4 heteroatoms. The second-order valence-corrected chi connectivity index (χ2v) is 5.05. The van der Waals surface area contributed by atoms with Crippen molar-refractivity contribution in [2.75, 3.05) is 33.7 Å². The molecule has 0 unspecified atom stereocenters. The summed E-state index contributed by atoms with van der Waals surface area (Å²) in [4.78, 5) is 14.3. The van der Waals surface area contributed by atoms with E-state index in [4.69, 9.17) is 0 Å². The van der Waals surface area contributed by atoms with Crippen LogP contribution in [0.25, 0.3) is 0 Å². The second-order valence-electron chi connectivity index (χ2n) is 5.05. The molecule has 1 aromatic rings. The molecule has 0 spiro atoms. The van der Waals surface area contributed by atoms with E-state index in [9.17, 15) is 4.79 Å². The minimum absolute atomic E-state index is 0.148. The van der Waals surface area contributed by atoms with E-state index in [-0.39, 0.29) is 5.91 Å². The number of hydrogen-bond donors (Lipinski definition) is 2. The third-order valence-electron chi connectivity index (χ3n) is 3.64. The molecule has 0 saturated heterocycles. The normalized spacial score (nSPS) is 14.0. The van der Waals surface area contributed by atoms with Crippen LogP contribution in [-0.2, 0) is 13.0 Å². The standard InChI is InChI=1S/C15H23N3O/c1-16-8-4-10-18(2)15(19)14-6-3-5-12-11-17-9-7-13(12)14/h3,5-6,16-17H,4,7-11H2,1-2H3. The summed E-state index contributed by atoms with van der Waals surface area (Å²) in [6.07, 6.45) is 1.93. The zero-order chi connectivity index (χ0) is 13.7. The summed E-state index contributed by atoms with van der Waals surface area (Å²) in [6, 6.07) is 6.06. The van der Waals surface area contributed by atoms with Crippen molar-refractivity contribution in [2.45, 2.75) is 19.4 Å². The van der Waals surface area contributed by atoms with E-state index in [1.165, 1.54) is 11.1 Å². The fourth-order valence-corrected chi connectivity index (χ4v) is 2.53. The maximum atomic E-state index is 12.5. The molecule has 0 aromatic heterocycles. The van der Waals surface area contributed by atoms with Crippen molar-refractivity contribution in [3.63, 3.8) is 0 Å². The number of nitrogens with zero attached hydrogens (tertiary/aromatic N) is 1. The Hall–Kier alpha value is -1.39. The molecule has 0 aliphatic carbocycles. The highest BCUT2D eigenvalue weighted by Gasteiger charge is 2.19. The molecule has 0 atom stereocenters. The summed E-state index contributed by atoms with van der Waals surface area (Å²) in [7, 11) is 3.82. The molecule has 19 heavy (non-hydrogen) atoms. The fraction of sp³-hybridized carbons (Fsp3) is 0.533. The highest BCUT2D eigenvalue weighted by Crippen LogP contribution is 2.19. The van der Waals surface area contributed by atoms with Gasteiger partial charge < -0.3 is 15.5 Å². The van der Waals surface area contributed by atoms with Crippen LogP contribution in [0, 0.1) is 0 Å². The van der Waals surface area contributed by atoms with Crippen molar-refractivity contribution in [3.05, 3.63) is 34.9 Å². The molecule has 1 aliphatic heterocycles. The third kappa shape index (κ3) is 3.33. The number of amides is 1. The number of hydrogen-bond acceptors (Lipinski definition) is 3. The molecule has 0 bridgehead atoms. The molecule has 2 rings (SSSR count). The molecule has 2 N–H and O–H groups in total. The third-order valence-corrected chi connectivity index (χ3v) is 3.64. The maximum absolute atomic E-state index is 12.5. The Bertz CT molecular complexity index is 445. The van der Waals surface area contributed by atoms with E-state index in [0.717, 1.165) is 44.6 Å². The van der Waals surface area contributed by atoms with Crippen LogP contribution in [0.1, 0.15) is 27.9 Å². The molecule has 104 valence electrons. The van der Waals surface area contributed by atoms with Crippen molar-refractivity contribution in [2.24, 2.45) is 0 Å². The minimum Gasteiger partial charge on any atom is -0.342 e. The first kappa shape index (κ1) is 14.0. The van der Waals surface area contributed by atoms with Gasteiger partial charge in [0.25, 0.3) is 5.91 Å². The lowest BCUT2D eigenvalue weighted by atomic mass is 9.95. The van der Waals surface area contributed by atoms with Gasteiger partial charge in [0.1, 0.15) is 0 Å². The zero-order valence-corrected chi connectivity index (χ0v) is 11.8.